The van der Waals surface area contributed by atoms with Crippen molar-refractivity contribution in [2.75, 3.05) is 6.54 Å². The second kappa shape index (κ2) is 7.23. The summed E-state index contributed by atoms with van der Waals surface area (Å²) in [5.74, 6) is -2.16. The quantitative estimate of drug-likeness (QED) is 0.490. The third-order valence-electron chi connectivity index (χ3n) is 4.90. The fourth-order valence-electron chi connectivity index (χ4n) is 3.67. The number of hydrogen-bond donors (Lipinski definition) is 3. The third kappa shape index (κ3) is 4.01. The normalized spacial score (nSPS) is 23.1. The maximum Gasteiger partial charge on any atom is 0.449 e. The SMILES string of the molecule is N=C1C2CC(CN2C(=O)CC(N)Cc2ccc(Br)cc2)N1C(=N)C(F)(F)F. The molecule has 0 spiro atoms. The first-order valence-corrected chi connectivity index (χ1v) is 9.20. The number of amidine groups is 2. The lowest BCUT2D eigenvalue weighted by atomic mass is 10.0. The first-order valence-electron chi connectivity index (χ1n) is 8.41. The van der Waals surface area contributed by atoms with Crippen LogP contribution in [0.15, 0.2) is 28.7 Å². The number of nitrogens with one attached hydrogen (secondary N) is 2. The summed E-state index contributed by atoms with van der Waals surface area (Å²) < 4.78 is 39.3. The fourth-order valence-corrected chi connectivity index (χ4v) is 3.93. The van der Waals surface area contributed by atoms with Crippen LogP contribution in [0.2, 0.25) is 0 Å². The number of alkyl halides is 3. The van der Waals surface area contributed by atoms with Crippen LogP contribution in [0.25, 0.3) is 0 Å². The van der Waals surface area contributed by atoms with E-state index in [4.69, 9.17) is 16.6 Å². The van der Waals surface area contributed by atoms with Crippen molar-refractivity contribution < 1.29 is 18.0 Å². The molecule has 6 nitrogen and oxygen atoms in total. The average Bonchev–Trinajstić information content (AvgIpc) is 3.13. The molecule has 2 heterocycles. The molecule has 2 fully saturated rings. The number of amides is 1. The van der Waals surface area contributed by atoms with Crippen LogP contribution < -0.4 is 5.73 Å². The van der Waals surface area contributed by atoms with Crippen LogP contribution >= 0.6 is 15.9 Å². The van der Waals surface area contributed by atoms with E-state index in [2.05, 4.69) is 15.9 Å². The van der Waals surface area contributed by atoms with Crippen molar-refractivity contribution in [1.29, 1.82) is 10.8 Å². The summed E-state index contributed by atoms with van der Waals surface area (Å²) in [7, 11) is 0. The van der Waals surface area contributed by atoms with Crippen LogP contribution in [0, 0.1) is 10.8 Å². The lowest BCUT2D eigenvalue weighted by molar-refractivity contribution is -0.131. The van der Waals surface area contributed by atoms with Gasteiger partial charge in [-0.1, -0.05) is 28.1 Å². The first kappa shape index (κ1) is 19.8. The van der Waals surface area contributed by atoms with Crippen LogP contribution in [0.4, 0.5) is 13.2 Å². The molecule has 1 aromatic rings. The number of nitrogens with zero attached hydrogens (tertiary/aromatic N) is 2. The molecule has 1 aromatic carbocycles. The zero-order valence-corrected chi connectivity index (χ0v) is 15.8. The van der Waals surface area contributed by atoms with Gasteiger partial charge in [0.05, 0.1) is 12.1 Å². The first-order chi connectivity index (χ1) is 12.6. The Morgan fingerprint density at radius 3 is 2.52 bits per heavy atom. The number of likely N-dealkylation sites (tertiary alicyclic amines) is 2. The van der Waals surface area contributed by atoms with Gasteiger partial charge in [-0.2, -0.15) is 13.2 Å². The van der Waals surface area contributed by atoms with Crippen LogP contribution in [0.5, 0.6) is 0 Å². The van der Waals surface area contributed by atoms with Crippen LogP contribution in [0.3, 0.4) is 0 Å². The largest absolute Gasteiger partial charge is 0.449 e. The standard InChI is InChI=1S/C17H19BrF3N5O/c18-10-3-1-9(2-4-10)5-11(22)6-14(27)25-8-12-7-13(25)15(23)26(12)16(24)17(19,20)21/h1-4,11-13,23-24H,5-8,22H2. The minimum Gasteiger partial charge on any atom is -0.330 e. The van der Waals surface area contributed by atoms with Gasteiger partial charge in [0.25, 0.3) is 0 Å². The topological polar surface area (TPSA) is 97.3 Å². The molecule has 4 N–H and O–H groups in total. The average molecular weight is 446 g/mol. The van der Waals surface area contributed by atoms with Gasteiger partial charge < -0.3 is 15.5 Å². The number of carbonyl (C=O) groups excluding carboxylic acids is 1. The zero-order valence-electron chi connectivity index (χ0n) is 14.3. The van der Waals surface area contributed by atoms with Gasteiger partial charge in [-0.05, 0) is 30.5 Å². The minimum absolute atomic E-state index is 0.0588. The van der Waals surface area contributed by atoms with E-state index in [-0.39, 0.29) is 31.1 Å². The summed E-state index contributed by atoms with van der Waals surface area (Å²) in [5, 5.41) is 15.2. The Morgan fingerprint density at radius 2 is 1.96 bits per heavy atom. The number of fused-ring (bicyclic) bond motifs is 2. The Bertz CT molecular complexity index is 767. The maximum absolute atomic E-state index is 12.8. The van der Waals surface area contributed by atoms with Crippen molar-refractivity contribution in [3.8, 4) is 0 Å². The van der Waals surface area contributed by atoms with Crippen molar-refractivity contribution in [2.45, 2.75) is 43.6 Å². The molecule has 2 saturated heterocycles. The van der Waals surface area contributed by atoms with Crippen molar-refractivity contribution in [2.24, 2.45) is 5.73 Å². The highest BCUT2D eigenvalue weighted by Gasteiger charge is 2.54. The number of piperazine rings is 1. The molecule has 3 atom stereocenters. The van der Waals surface area contributed by atoms with E-state index in [0.717, 1.165) is 10.0 Å². The molecule has 27 heavy (non-hydrogen) atoms. The van der Waals surface area contributed by atoms with Gasteiger partial charge in [0.1, 0.15) is 5.84 Å². The molecule has 3 rings (SSSR count). The molecule has 10 heteroatoms. The number of nitrogens with two attached hydrogens (primary N) is 1. The van der Waals surface area contributed by atoms with E-state index in [1.165, 1.54) is 4.90 Å². The molecule has 2 aliphatic heterocycles. The van der Waals surface area contributed by atoms with Crippen LogP contribution in [0.1, 0.15) is 18.4 Å². The molecule has 0 aromatic heterocycles. The number of benzene rings is 1. The number of rotatable bonds is 4. The van der Waals surface area contributed by atoms with Crippen LogP contribution in [-0.4, -0.2) is 58.2 Å². The van der Waals surface area contributed by atoms with Gasteiger partial charge in [-0.3, -0.25) is 15.6 Å². The predicted molar refractivity (Wildman–Crippen MR) is 97.7 cm³/mol. The molecule has 1 amide bonds. The Labute approximate surface area is 162 Å². The van der Waals surface area contributed by atoms with E-state index in [9.17, 15) is 18.0 Å². The summed E-state index contributed by atoms with van der Waals surface area (Å²) in [6.07, 6.45) is -4.00. The van der Waals surface area contributed by atoms with Crippen molar-refractivity contribution in [3.63, 3.8) is 0 Å². The smallest absolute Gasteiger partial charge is 0.330 e. The van der Waals surface area contributed by atoms with E-state index < -0.39 is 30.1 Å². The summed E-state index contributed by atoms with van der Waals surface area (Å²) in [4.78, 5) is 14.7. The minimum atomic E-state index is -4.81. The Kier molecular flexibility index (Phi) is 5.31. The second-order valence-electron chi connectivity index (χ2n) is 6.85. The molecule has 2 aliphatic rings. The molecule has 3 unspecified atom stereocenters. The van der Waals surface area contributed by atoms with Gasteiger partial charge in [-0.25, -0.2) is 0 Å². The molecule has 0 radical (unpaired) electrons. The highest BCUT2D eigenvalue weighted by Crippen LogP contribution is 2.35. The van der Waals surface area contributed by atoms with E-state index in [1.54, 1.807) is 0 Å². The van der Waals surface area contributed by atoms with E-state index in [1.807, 2.05) is 24.3 Å². The number of hydrogen-bond acceptors (Lipinski definition) is 4. The van der Waals surface area contributed by atoms with Crippen LogP contribution in [-0.2, 0) is 11.2 Å². The zero-order chi connectivity index (χ0) is 19.9. The number of carbonyl (C=O) groups is 1. The summed E-state index contributed by atoms with van der Waals surface area (Å²) in [6, 6.07) is 5.76. The molecule has 2 bridgehead atoms. The molecular formula is C17H19BrF3N5O. The van der Waals surface area contributed by atoms with Gasteiger partial charge in [0.2, 0.25) is 11.7 Å². The monoisotopic (exact) mass is 445 g/mol. The number of halogens is 4. The van der Waals surface area contributed by atoms with Crippen molar-refractivity contribution in [1.82, 2.24) is 9.80 Å². The second-order valence-corrected chi connectivity index (χ2v) is 7.76. The predicted octanol–water partition coefficient (Wildman–Crippen LogP) is 2.51. The lowest BCUT2D eigenvalue weighted by Crippen LogP contribution is -2.56. The van der Waals surface area contributed by atoms with Crippen molar-refractivity contribution in [3.05, 3.63) is 34.3 Å². The van der Waals surface area contributed by atoms with Gasteiger partial charge in [-0.15, -0.1) is 0 Å². The Morgan fingerprint density at radius 1 is 1.33 bits per heavy atom. The van der Waals surface area contributed by atoms with Crippen molar-refractivity contribution >= 4 is 33.5 Å². The molecular weight excluding hydrogens is 427 g/mol. The fraction of sp³-hybridized carbons (Fsp3) is 0.471. The summed E-state index contributed by atoms with van der Waals surface area (Å²) in [6.45, 7) is 0.0787. The summed E-state index contributed by atoms with van der Waals surface area (Å²) in [5.41, 5.74) is 7.06. The van der Waals surface area contributed by atoms with E-state index in [0.29, 0.717) is 11.3 Å². The molecule has 0 aliphatic carbocycles. The van der Waals surface area contributed by atoms with Gasteiger partial charge in [0.15, 0.2) is 0 Å². The molecule has 0 saturated carbocycles. The van der Waals surface area contributed by atoms with Gasteiger partial charge >= 0.3 is 6.18 Å². The Hall–Kier alpha value is -1.94. The third-order valence-corrected chi connectivity index (χ3v) is 5.43. The van der Waals surface area contributed by atoms with E-state index >= 15 is 0 Å². The summed E-state index contributed by atoms with van der Waals surface area (Å²) >= 11 is 3.35. The maximum atomic E-state index is 12.8. The highest BCUT2D eigenvalue weighted by molar-refractivity contribution is 9.10. The Balaban J connectivity index is 1.59. The highest BCUT2D eigenvalue weighted by atomic mass is 79.9. The van der Waals surface area contributed by atoms with Gasteiger partial charge in [0, 0.05) is 23.5 Å². The lowest BCUT2D eigenvalue weighted by Gasteiger charge is -2.36. The molecule has 146 valence electrons.